The fraction of sp³-hybridized carbons (Fsp3) is 0.652. The first-order chi connectivity index (χ1) is 15.4. The van der Waals surface area contributed by atoms with Crippen molar-refractivity contribution < 1.29 is 19.8 Å². The predicted octanol–water partition coefficient (Wildman–Crippen LogP) is 2.09. The summed E-state index contributed by atoms with van der Waals surface area (Å²) in [6.45, 7) is -0.681. The van der Waals surface area contributed by atoms with Crippen molar-refractivity contribution in [3.8, 4) is 5.88 Å². The van der Waals surface area contributed by atoms with Gasteiger partial charge in [-0.1, -0.05) is 19.3 Å². The van der Waals surface area contributed by atoms with E-state index in [1.807, 2.05) is 0 Å². The molecular formula is C23H29N3O6. The van der Waals surface area contributed by atoms with Crippen molar-refractivity contribution in [3.63, 3.8) is 0 Å². The van der Waals surface area contributed by atoms with E-state index in [0.717, 1.165) is 55.1 Å². The van der Waals surface area contributed by atoms with Crippen LogP contribution < -0.4 is 16.6 Å². The highest BCUT2D eigenvalue weighted by atomic mass is 16.4. The van der Waals surface area contributed by atoms with Gasteiger partial charge in [0.05, 0.1) is 0 Å². The molecule has 1 aromatic heterocycles. The van der Waals surface area contributed by atoms with E-state index in [2.05, 4.69) is 5.32 Å². The molecule has 3 fully saturated rings. The van der Waals surface area contributed by atoms with E-state index in [0.29, 0.717) is 42.7 Å². The number of rotatable bonds is 5. The van der Waals surface area contributed by atoms with Gasteiger partial charge in [0.2, 0.25) is 5.88 Å². The minimum Gasteiger partial charge on any atom is -0.494 e. The number of nitrogens with zero attached hydrogens (tertiary/aromatic N) is 2. The first-order valence-corrected chi connectivity index (χ1v) is 11.7. The summed E-state index contributed by atoms with van der Waals surface area (Å²) < 4.78 is 2.35. The van der Waals surface area contributed by atoms with Crippen LogP contribution in [-0.2, 0) is 4.79 Å². The summed E-state index contributed by atoms with van der Waals surface area (Å²) in [5, 5.41) is 22.0. The Labute approximate surface area is 184 Å². The summed E-state index contributed by atoms with van der Waals surface area (Å²) in [4.78, 5) is 50.9. The highest BCUT2D eigenvalue weighted by Gasteiger charge is 2.46. The van der Waals surface area contributed by atoms with Crippen molar-refractivity contribution in [1.29, 1.82) is 0 Å². The summed E-state index contributed by atoms with van der Waals surface area (Å²) in [7, 11) is 0. The number of amides is 1. The van der Waals surface area contributed by atoms with Crippen molar-refractivity contribution in [1.82, 2.24) is 14.5 Å². The van der Waals surface area contributed by atoms with Crippen molar-refractivity contribution in [2.75, 3.05) is 6.54 Å². The van der Waals surface area contributed by atoms with Gasteiger partial charge in [-0.05, 0) is 68.3 Å². The third-order valence-corrected chi connectivity index (χ3v) is 7.98. The quantitative estimate of drug-likeness (QED) is 0.639. The van der Waals surface area contributed by atoms with E-state index >= 15 is 0 Å². The normalized spacial score (nSPS) is 27.1. The molecule has 2 bridgehead atoms. The molecule has 5 rings (SSSR count). The van der Waals surface area contributed by atoms with Crippen molar-refractivity contribution >= 4 is 17.6 Å². The van der Waals surface area contributed by atoms with Gasteiger partial charge in [0.15, 0.2) is 5.56 Å². The molecular weight excluding hydrogens is 414 g/mol. The molecule has 1 amide bonds. The van der Waals surface area contributed by atoms with Crippen LogP contribution in [0, 0.1) is 17.8 Å². The Hall–Kier alpha value is -2.84. The number of carbonyl (C=O) groups excluding carboxylic acids is 1. The van der Waals surface area contributed by atoms with Gasteiger partial charge in [0, 0.05) is 11.7 Å². The minimum atomic E-state index is -1.26. The molecule has 9 heteroatoms. The molecule has 0 aromatic carbocycles. The average molecular weight is 444 g/mol. The number of hydrogen-bond acceptors (Lipinski definition) is 5. The van der Waals surface area contributed by atoms with E-state index in [-0.39, 0.29) is 6.04 Å². The van der Waals surface area contributed by atoms with Crippen LogP contribution in [-0.4, -0.2) is 37.8 Å². The monoisotopic (exact) mass is 443 g/mol. The standard InChI is InChI=1S/C23H29N3O6/c27-18(28)11-24-20(29)19-21(30)25(14-4-2-1-3-5-14)23(32)26(22(19)31)17-10-12-8-13-6-7-15(17)16(13)9-12/h12-14,16,30H,1-11H2,(H,24,29)(H,27,28)/t12-,13-,16?/m0/s1. The van der Waals surface area contributed by atoms with Gasteiger partial charge in [0.25, 0.3) is 11.5 Å². The van der Waals surface area contributed by atoms with E-state index in [1.165, 1.54) is 4.57 Å². The SMILES string of the molecule is O=C(O)CNC(=O)c1c(O)n(C2CCCCC2)c(=O)n(C2=C3CC[C@H]4C[C@H](C2)CC34)c1=O. The summed E-state index contributed by atoms with van der Waals surface area (Å²) in [5.74, 6) is -1.45. The molecule has 1 aromatic rings. The molecule has 4 aliphatic carbocycles. The summed E-state index contributed by atoms with van der Waals surface area (Å²) in [5.41, 5.74) is -0.119. The maximum atomic E-state index is 13.7. The first kappa shape index (κ1) is 21.0. The molecule has 1 heterocycles. The number of carboxylic acid groups (broad SMARTS) is 1. The number of carboxylic acids is 1. The van der Waals surface area contributed by atoms with Gasteiger partial charge in [-0.25, -0.2) is 9.36 Å². The lowest BCUT2D eigenvalue weighted by atomic mass is 9.86. The topological polar surface area (TPSA) is 131 Å². The van der Waals surface area contributed by atoms with Crippen LogP contribution in [0.2, 0.25) is 0 Å². The molecule has 172 valence electrons. The Bertz CT molecular complexity index is 1120. The summed E-state index contributed by atoms with van der Waals surface area (Å²) >= 11 is 0. The van der Waals surface area contributed by atoms with Gasteiger partial charge in [-0.2, -0.15) is 0 Å². The minimum absolute atomic E-state index is 0.295. The maximum absolute atomic E-state index is 13.7. The van der Waals surface area contributed by atoms with Crippen LogP contribution in [0.5, 0.6) is 5.88 Å². The summed E-state index contributed by atoms with van der Waals surface area (Å²) in [6, 6.07) is -0.295. The largest absolute Gasteiger partial charge is 0.494 e. The number of aromatic nitrogens is 2. The molecule has 0 spiro atoms. The fourth-order valence-electron chi connectivity index (χ4n) is 6.64. The number of nitrogens with one attached hydrogen (secondary N) is 1. The van der Waals surface area contributed by atoms with Crippen LogP contribution in [0.15, 0.2) is 15.2 Å². The van der Waals surface area contributed by atoms with E-state index < -0.39 is 41.1 Å². The van der Waals surface area contributed by atoms with Crippen molar-refractivity contribution in [3.05, 3.63) is 32.0 Å². The lowest BCUT2D eigenvalue weighted by molar-refractivity contribution is -0.135. The third kappa shape index (κ3) is 3.29. The molecule has 3 N–H and O–H groups in total. The molecule has 4 aliphatic rings. The number of carbonyl (C=O) groups is 2. The van der Waals surface area contributed by atoms with E-state index in [1.54, 1.807) is 0 Å². The molecule has 0 saturated heterocycles. The van der Waals surface area contributed by atoms with E-state index in [9.17, 15) is 24.3 Å². The van der Waals surface area contributed by atoms with Gasteiger partial charge in [0.1, 0.15) is 6.54 Å². The zero-order valence-electron chi connectivity index (χ0n) is 18.0. The van der Waals surface area contributed by atoms with Crippen LogP contribution >= 0.6 is 0 Å². The Kier molecular flexibility index (Phi) is 5.22. The molecule has 9 nitrogen and oxygen atoms in total. The Balaban J connectivity index is 1.70. The Morgan fingerprint density at radius 3 is 2.53 bits per heavy atom. The van der Waals surface area contributed by atoms with Gasteiger partial charge < -0.3 is 15.5 Å². The molecule has 0 aliphatic heterocycles. The van der Waals surface area contributed by atoms with Gasteiger partial charge in [-0.15, -0.1) is 0 Å². The van der Waals surface area contributed by atoms with Crippen LogP contribution in [0.1, 0.15) is 80.6 Å². The predicted molar refractivity (Wildman–Crippen MR) is 115 cm³/mol. The number of fused-ring (bicyclic) bond motifs is 1. The molecule has 1 unspecified atom stereocenters. The Morgan fingerprint density at radius 2 is 1.81 bits per heavy atom. The molecule has 3 atom stereocenters. The van der Waals surface area contributed by atoms with Crippen molar-refractivity contribution in [2.45, 2.75) is 70.3 Å². The highest BCUT2D eigenvalue weighted by molar-refractivity contribution is 5.97. The Morgan fingerprint density at radius 1 is 1.06 bits per heavy atom. The number of hydrogen-bond donors (Lipinski definition) is 3. The summed E-state index contributed by atoms with van der Waals surface area (Å²) in [6.07, 6.45) is 8.95. The number of aromatic hydroxyl groups is 1. The second-order valence-corrected chi connectivity index (χ2v) is 9.78. The second kappa shape index (κ2) is 7.94. The first-order valence-electron chi connectivity index (χ1n) is 11.7. The van der Waals surface area contributed by atoms with Crippen molar-refractivity contribution in [2.24, 2.45) is 17.8 Å². The van der Waals surface area contributed by atoms with Crippen LogP contribution in [0.25, 0.3) is 5.70 Å². The molecule has 32 heavy (non-hydrogen) atoms. The van der Waals surface area contributed by atoms with Crippen LogP contribution in [0.3, 0.4) is 0 Å². The maximum Gasteiger partial charge on any atom is 0.338 e. The molecule has 3 saturated carbocycles. The number of aliphatic carboxylic acids is 1. The number of allylic oxidation sites excluding steroid dienone is 2. The third-order valence-electron chi connectivity index (χ3n) is 7.98. The van der Waals surface area contributed by atoms with E-state index in [4.69, 9.17) is 5.11 Å². The zero-order chi connectivity index (χ0) is 22.6. The fourth-order valence-corrected chi connectivity index (χ4v) is 6.64. The smallest absolute Gasteiger partial charge is 0.338 e. The van der Waals surface area contributed by atoms with Crippen LogP contribution in [0.4, 0.5) is 0 Å². The van der Waals surface area contributed by atoms with Gasteiger partial charge in [-0.3, -0.25) is 19.0 Å². The lowest BCUT2D eigenvalue weighted by Crippen LogP contribution is -2.46. The molecule has 0 radical (unpaired) electrons. The lowest BCUT2D eigenvalue weighted by Gasteiger charge is -2.29. The van der Waals surface area contributed by atoms with Gasteiger partial charge >= 0.3 is 11.7 Å². The zero-order valence-corrected chi connectivity index (χ0v) is 18.0. The highest BCUT2D eigenvalue weighted by Crippen LogP contribution is 2.56. The second-order valence-electron chi connectivity index (χ2n) is 9.78. The average Bonchev–Trinajstić information content (AvgIpc) is 3.29.